The van der Waals surface area contributed by atoms with Gasteiger partial charge in [0.1, 0.15) is 11.9 Å². The minimum Gasteiger partial charge on any atom is -0.386 e. The van der Waals surface area contributed by atoms with Crippen LogP contribution in [0.2, 0.25) is 0 Å². The third-order valence-corrected chi connectivity index (χ3v) is 2.31. The van der Waals surface area contributed by atoms with Crippen LogP contribution in [-0.2, 0) is 9.47 Å². The highest BCUT2D eigenvalue weighted by molar-refractivity contribution is 5.28. The smallest absolute Gasteiger partial charge is 0.123 e. The Balaban J connectivity index is 2.51. The summed E-state index contributed by atoms with van der Waals surface area (Å²) in [6.07, 6.45) is -0.799. The van der Waals surface area contributed by atoms with E-state index in [0.29, 0.717) is 18.8 Å². The molecule has 4 heteroatoms. The molecule has 1 N–H and O–H groups in total. The van der Waals surface area contributed by atoms with Crippen LogP contribution in [0.5, 0.6) is 0 Å². The first-order valence-electron chi connectivity index (χ1n) is 5.16. The molecule has 3 nitrogen and oxygen atoms in total. The van der Waals surface area contributed by atoms with Crippen LogP contribution in [0, 0.1) is 12.7 Å². The van der Waals surface area contributed by atoms with E-state index in [4.69, 9.17) is 9.47 Å². The fraction of sp³-hybridized carbons (Fsp3) is 0.500. The molecule has 1 aromatic rings. The van der Waals surface area contributed by atoms with Crippen molar-refractivity contribution in [1.29, 1.82) is 0 Å². The van der Waals surface area contributed by atoms with Crippen molar-refractivity contribution in [2.45, 2.75) is 13.0 Å². The Labute approximate surface area is 94.8 Å². The van der Waals surface area contributed by atoms with Crippen LogP contribution < -0.4 is 0 Å². The van der Waals surface area contributed by atoms with E-state index in [1.807, 2.05) is 6.92 Å². The van der Waals surface area contributed by atoms with Gasteiger partial charge in [-0.15, -0.1) is 0 Å². The number of ether oxygens (including phenoxy) is 2. The van der Waals surface area contributed by atoms with Gasteiger partial charge in [0, 0.05) is 7.11 Å². The molecule has 0 aromatic heterocycles. The molecule has 1 aromatic carbocycles. The van der Waals surface area contributed by atoms with Gasteiger partial charge < -0.3 is 14.6 Å². The van der Waals surface area contributed by atoms with Crippen LogP contribution in [0.15, 0.2) is 18.2 Å². The third kappa shape index (κ3) is 3.89. The van der Waals surface area contributed by atoms with Gasteiger partial charge in [0.05, 0.1) is 19.8 Å². The van der Waals surface area contributed by atoms with Crippen molar-refractivity contribution in [2.75, 3.05) is 26.9 Å². The van der Waals surface area contributed by atoms with E-state index in [9.17, 15) is 9.50 Å². The van der Waals surface area contributed by atoms with Gasteiger partial charge in [-0.2, -0.15) is 0 Å². The molecule has 0 aliphatic heterocycles. The summed E-state index contributed by atoms with van der Waals surface area (Å²) in [4.78, 5) is 0. The number of aliphatic hydroxyl groups excluding tert-OH is 1. The summed E-state index contributed by atoms with van der Waals surface area (Å²) in [5.41, 5.74) is 1.42. The van der Waals surface area contributed by atoms with E-state index in [0.717, 1.165) is 5.56 Å². The molecule has 0 fully saturated rings. The summed E-state index contributed by atoms with van der Waals surface area (Å²) >= 11 is 0. The summed E-state index contributed by atoms with van der Waals surface area (Å²) in [7, 11) is 1.58. The van der Waals surface area contributed by atoms with Crippen molar-refractivity contribution >= 4 is 0 Å². The first kappa shape index (κ1) is 13.1. The number of hydrogen-bond donors (Lipinski definition) is 1. The molecular formula is C12H17FO3. The zero-order valence-electron chi connectivity index (χ0n) is 9.57. The second-order valence-corrected chi connectivity index (χ2v) is 3.58. The average molecular weight is 228 g/mol. The van der Waals surface area contributed by atoms with Crippen LogP contribution in [0.4, 0.5) is 4.39 Å². The topological polar surface area (TPSA) is 38.7 Å². The zero-order chi connectivity index (χ0) is 12.0. The number of methoxy groups -OCH3 is 1. The van der Waals surface area contributed by atoms with Gasteiger partial charge in [-0.3, -0.25) is 0 Å². The Bertz CT molecular complexity index is 328. The fourth-order valence-corrected chi connectivity index (χ4v) is 1.40. The molecule has 1 rings (SSSR count). The van der Waals surface area contributed by atoms with Gasteiger partial charge in [0.2, 0.25) is 0 Å². The monoisotopic (exact) mass is 228 g/mol. The van der Waals surface area contributed by atoms with E-state index in [2.05, 4.69) is 0 Å². The Hall–Kier alpha value is -0.970. The molecule has 1 unspecified atom stereocenters. The molecule has 0 saturated carbocycles. The summed E-state index contributed by atoms with van der Waals surface area (Å²) < 4.78 is 23.0. The molecule has 0 spiro atoms. The van der Waals surface area contributed by atoms with E-state index in [1.165, 1.54) is 12.1 Å². The summed E-state index contributed by atoms with van der Waals surface area (Å²) in [5, 5.41) is 9.79. The summed E-state index contributed by atoms with van der Waals surface area (Å²) in [6.45, 7) is 2.87. The lowest BCUT2D eigenvalue weighted by atomic mass is 10.0. The third-order valence-electron chi connectivity index (χ3n) is 2.31. The number of benzene rings is 1. The van der Waals surface area contributed by atoms with Crippen molar-refractivity contribution in [3.8, 4) is 0 Å². The molecule has 0 aliphatic rings. The van der Waals surface area contributed by atoms with Crippen molar-refractivity contribution in [2.24, 2.45) is 0 Å². The van der Waals surface area contributed by atoms with Crippen molar-refractivity contribution in [3.05, 3.63) is 35.1 Å². The Morgan fingerprint density at radius 3 is 2.81 bits per heavy atom. The van der Waals surface area contributed by atoms with E-state index >= 15 is 0 Å². The highest BCUT2D eigenvalue weighted by Gasteiger charge is 2.11. The Morgan fingerprint density at radius 2 is 2.12 bits per heavy atom. The highest BCUT2D eigenvalue weighted by atomic mass is 19.1. The number of hydrogen-bond acceptors (Lipinski definition) is 3. The summed E-state index contributed by atoms with van der Waals surface area (Å²) in [5.74, 6) is -0.350. The Kier molecular flexibility index (Phi) is 5.38. The molecule has 1 atom stereocenters. The minimum atomic E-state index is -0.799. The second kappa shape index (κ2) is 6.58. The van der Waals surface area contributed by atoms with Gasteiger partial charge in [-0.05, 0) is 30.2 Å². The molecule has 0 aliphatic carbocycles. The van der Waals surface area contributed by atoms with Crippen molar-refractivity contribution in [3.63, 3.8) is 0 Å². The van der Waals surface area contributed by atoms with E-state index < -0.39 is 6.10 Å². The Morgan fingerprint density at radius 1 is 1.38 bits per heavy atom. The largest absolute Gasteiger partial charge is 0.386 e. The van der Waals surface area contributed by atoms with Crippen LogP contribution >= 0.6 is 0 Å². The first-order chi connectivity index (χ1) is 7.65. The predicted octanol–water partition coefficient (Wildman–Crippen LogP) is 1.83. The van der Waals surface area contributed by atoms with Gasteiger partial charge in [0.25, 0.3) is 0 Å². The van der Waals surface area contributed by atoms with Crippen molar-refractivity contribution in [1.82, 2.24) is 0 Å². The number of aliphatic hydroxyl groups is 1. The lowest BCUT2D eigenvalue weighted by Gasteiger charge is -2.14. The molecule has 0 radical (unpaired) electrons. The average Bonchev–Trinajstić information content (AvgIpc) is 2.27. The zero-order valence-corrected chi connectivity index (χ0v) is 9.57. The van der Waals surface area contributed by atoms with Gasteiger partial charge in [0.15, 0.2) is 0 Å². The van der Waals surface area contributed by atoms with Crippen LogP contribution in [-0.4, -0.2) is 32.0 Å². The molecular weight excluding hydrogens is 211 g/mol. The molecule has 0 heterocycles. The number of rotatable bonds is 6. The van der Waals surface area contributed by atoms with Crippen LogP contribution in [0.3, 0.4) is 0 Å². The van der Waals surface area contributed by atoms with Gasteiger partial charge in [-0.1, -0.05) is 6.07 Å². The van der Waals surface area contributed by atoms with Crippen LogP contribution in [0.1, 0.15) is 17.2 Å². The molecule has 0 amide bonds. The maximum atomic E-state index is 13.0. The van der Waals surface area contributed by atoms with E-state index in [-0.39, 0.29) is 12.4 Å². The van der Waals surface area contributed by atoms with Gasteiger partial charge in [-0.25, -0.2) is 4.39 Å². The molecule has 0 bridgehead atoms. The standard InChI is InChI=1S/C12H17FO3/c1-9-3-4-10(13)7-11(9)12(14)8-16-6-5-15-2/h3-4,7,12,14H,5-6,8H2,1-2H3. The SMILES string of the molecule is COCCOCC(O)c1cc(F)ccc1C. The molecule has 90 valence electrons. The maximum absolute atomic E-state index is 13.0. The lowest BCUT2D eigenvalue weighted by Crippen LogP contribution is -2.11. The maximum Gasteiger partial charge on any atom is 0.123 e. The normalized spacial score (nSPS) is 12.8. The minimum absolute atomic E-state index is 0.146. The first-order valence-corrected chi connectivity index (χ1v) is 5.16. The molecule has 0 saturated heterocycles. The summed E-state index contributed by atoms with van der Waals surface area (Å²) in [6, 6.07) is 4.35. The number of halogens is 1. The van der Waals surface area contributed by atoms with Crippen molar-refractivity contribution < 1.29 is 19.0 Å². The van der Waals surface area contributed by atoms with Crippen LogP contribution in [0.25, 0.3) is 0 Å². The fourth-order valence-electron chi connectivity index (χ4n) is 1.40. The van der Waals surface area contributed by atoms with E-state index in [1.54, 1.807) is 13.2 Å². The second-order valence-electron chi connectivity index (χ2n) is 3.58. The number of aryl methyl sites for hydroxylation is 1. The molecule has 16 heavy (non-hydrogen) atoms. The quantitative estimate of drug-likeness (QED) is 0.755. The lowest BCUT2D eigenvalue weighted by molar-refractivity contribution is 0.0123. The highest BCUT2D eigenvalue weighted by Crippen LogP contribution is 2.19. The van der Waals surface area contributed by atoms with Gasteiger partial charge >= 0.3 is 0 Å². The predicted molar refractivity (Wildman–Crippen MR) is 58.8 cm³/mol.